The number of carbonyl (C=O) groups excluding carboxylic acids is 1. The molecule has 6 nitrogen and oxygen atoms in total. The van der Waals surface area contributed by atoms with Crippen molar-refractivity contribution in [2.45, 2.75) is 37.9 Å². The summed E-state index contributed by atoms with van der Waals surface area (Å²) in [5, 5.41) is 3.11. The van der Waals surface area contributed by atoms with Gasteiger partial charge in [-0.1, -0.05) is 24.3 Å². The van der Waals surface area contributed by atoms with E-state index in [9.17, 15) is 4.79 Å². The lowest BCUT2D eigenvalue weighted by Gasteiger charge is -2.22. The van der Waals surface area contributed by atoms with Gasteiger partial charge in [0.25, 0.3) is 0 Å². The van der Waals surface area contributed by atoms with Crippen LogP contribution in [-0.2, 0) is 11.2 Å². The zero-order chi connectivity index (χ0) is 19.2. The molecule has 1 aliphatic heterocycles. The van der Waals surface area contributed by atoms with Gasteiger partial charge in [-0.2, -0.15) is 0 Å². The first-order valence-corrected chi connectivity index (χ1v) is 9.18. The maximum absolute atomic E-state index is 12.5. The van der Waals surface area contributed by atoms with Crippen molar-refractivity contribution in [3.63, 3.8) is 0 Å². The molecule has 3 atom stereocenters. The van der Waals surface area contributed by atoms with E-state index >= 15 is 0 Å². The first-order valence-electron chi connectivity index (χ1n) is 9.18. The fraction of sp³-hybridized carbons (Fsp3) is 0.381. The highest BCUT2D eigenvalue weighted by molar-refractivity contribution is 5.76. The number of ether oxygens (including phenoxy) is 2. The van der Waals surface area contributed by atoms with E-state index in [-0.39, 0.29) is 24.0 Å². The molecule has 1 amide bonds. The molecule has 0 aliphatic carbocycles. The number of hydrogen-bond donors (Lipinski definition) is 3. The van der Waals surface area contributed by atoms with E-state index in [4.69, 9.17) is 9.47 Å². The molecule has 0 bridgehead atoms. The van der Waals surface area contributed by atoms with Crippen molar-refractivity contribution in [1.82, 2.24) is 16.2 Å². The third-order valence-electron chi connectivity index (χ3n) is 4.96. The quantitative estimate of drug-likeness (QED) is 0.699. The summed E-state index contributed by atoms with van der Waals surface area (Å²) in [6, 6.07) is 16.0. The molecular weight excluding hydrogens is 342 g/mol. The van der Waals surface area contributed by atoms with Crippen LogP contribution in [0, 0.1) is 0 Å². The summed E-state index contributed by atoms with van der Waals surface area (Å²) in [7, 11) is 3.30. The van der Waals surface area contributed by atoms with Crippen LogP contribution in [0.25, 0.3) is 0 Å². The van der Waals surface area contributed by atoms with Crippen molar-refractivity contribution in [3.05, 3.63) is 59.7 Å². The second-order valence-corrected chi connectivity index (χ2v) is 6.77. The molecule has 6 heteroatoms. The van der Waals surface area contributed by atoms with Crippen LogP contribution in [0.15, 0.2) is 48.5 Å². The van der Waals surface area contributed by atoms with Crippen LogP contribution in [0.3, 0.4) is 0 Å². The number of aryl methyl sites for hydroxylation is 1. The highest BCUT2D eigenvalue weighted by atomic mass is 16.5. The number of rotatable bonds is 7. The molecule has 0 spiro atoms. The van der Waals surface area contributed by atoms with Gasteiger partial charge in [0.05, 0.1) is 14.2 Å². The number of hydrogen-bond acceptors (Lipinski definition) is 5. The third-order valence-corrected chi connectivity index (χ3v) is 4.96. The van der Waals surface area contributed by atoms with E-state index in [2.05, 4.69) is 23.1 Å². The topological polar surface area (TPSA) is 71.6 Å². The SMILES string of the molecule is COc1ccc(C2C(C)NNC2NC(=O)CCc2cccc(OC)c2)cc1. The largest absolute Gasteiger partial charge is 0.497 e. The normalized spacial score (nSPS) is 21.7. The Balaban J connectivity index is 1.59. The van der Waals surface area contributed by atoms with Gasteiger partial charge >= 0.3 is 0 Å². The van der Waals surface area contributed by atoms with Crippen LogP contribution in [0.4, 0.5) is 0 Å². The number of methoxy groups -OCH3 is 2. The predicted octanol–water partition coefficient (Wildman–Crippen LogP) is 2.36. The Morgan fingerprint density at radius 1 is 1.04 bits per heavy atom. The number of benzene rings is 2. The molecule has 1 heterocycles. The molecule has 27 heavy (non-hydrogen) atoms. The minimum absolute atomic E-state index is 0.0183. The molecule has 2 aromatic carbocycles. The van der Waals surface area contributed by atoms with Gasteiger partial charge in [-0.15, -0.1) is 0 Å². The van der Waals surface area contributed by atoms with Gasteiger partial charge in [-0.25, -0.2) is 5.43 Å². The molecule has 3 unspecified atom stereocenters. The number of hydrazine groups is 1. The Bertz CT molecular complexity index is 764. The average Bonchev–Trinajstić information content (AvgIpc) is 3.06. The van der Waals surface area contributed by atoms with Crippen molar-refractivity contribution in [2.24, 2.45) is 0 Å². The fourth-order valence-corrected chi connectivity index (χ4v) is 3.45. The Morgan fingerprint density at radius 2 is 1.78 bits per heavy atom. The van der Waals surface area contributed by atoms with Crippen molar-refractivity contribution >= 4 is 5.91 Å². The first-order chi connectivity index (χ1) is 13.1. The molecule has 1 fully saturated rings. The third kappa shape index (κ3) is 4.78. The van der Waals surface area contributed by atoms with Gasteiger partial charge < -0.3 is 14.8 Å². The van der Waals surface area contributed by atoms with Crippen LogP contribution < -0.4 is 25.6 Å². The summed E-state index contributed by atoms with van der Waals surface area (Å²) in [5.41, 5.74) is 8.66. The molecule has 1 saturated heterocycles. The summed E-state index contributed by atoms with van der Waals surface area (Å²) in [4.78, 5) is 12.5. The second-order valence-electron chi connectivity index (χ2n) is 6.77. The second kappa shape index (κ2) is 8.88. The molecule has 0 radical (unpaired) electrons. The number of amides is 1. The summed E-state index contributed by atoms with van der Waals surface area (Å²) in [6.45, 7) is 2.10. The smallest absolute Gasteiger partial charge is 0.221 e. The number of carbonyl (C=O) groups is 1. The van der Waals surface area contributed by atoms with Crippen molar-refractivity contribution < 1.29 is 14.3 Å². The lowest BCUT2D eigenvalue weighted by atomic mass is 9.91. The summed E-state index contributed by atoms with van der Waals surface area (Å²) in [6.07, 6.45) is 0.937. The number of nitrogens with one attached hydrogen (secondary N) is 3. The van der Waals surface area contributed by atoms with Gasteiger partial charge in [0, 0.05) is 18.4 Å². The first kappa shape index (κ1) is 19.2. The highest BCUT2D eigenvalue weighted by Gasteiger charge is 2.35. The molecule has 3 N–H and O–H groups in total. The van der Waals surface area contributed by atoms with Crippen LogP contribution in [0.2, 0.25) is 0 Å². The zero-order valence-corrected chi connectivity index (χ0v) is 16.0. The van der Waals surface area contributed by atoms with E-state index in [1.165, 1.54) is 0 Å². The van der Waals surface area contributed by atoms with Crippen LogP contribution in [0.1, 0.15) is 30.4 Å². The van der Waals surface area contributed by atoms with Crippen molar-refractivity contribution in [3.8, 4) is 11.5 Å². The van der Waals surface area contributed by atoms with Crippen molar-refractivity contribution in [2.75, 3.05) is 14.2 Å². The molecule has 2 aromatic rings. The maximum atomic E-state index is 12.5. The summed E-state index contributed by atoms with van der Waals surface area (Å²) in [5.74, 6) is 1.79. The monoisotopic (exact) mass is 369 g/mol. The standard InChI is InChI=1S/C21H27N3O3/c1-14-20(16-8-10-17(26-2)11-9-16)21(24-23-14)22-19(25)12-7-15-5-4-6-18(13-15)27-3/h4-6,8-11,13-14,20-21,23-24H,7,12H2,1-3H3,(H,22,25). The minimum atomic E-state index is -0.161. The zero-order valence-electron chi connectivity index (χ0n) is 16.0. The highest BCUT2D eigenvalue weighted by Crippen LogP contribution is 2.27. The Kier molecular flexibility index (Phi) is 6.32. The Hall–Kier alpha value is -2.57. The van der Waals surface area contributed by atoms with E-state index in [1.54, 1.807) is 14.2 Å². The Morgan fingerprint density at radius 3 is 2.48 bits per heavy atom. The fourth-order valence-electron chi connectivity index (χ4n) is 3.45. The molecule has 0 aromatic heterocycles. The Labute approximate surface area is 160 Å². The van der Waals surface area contributed by atoms with Crippen LogP contribution in [-0.4, -0.2) is 32.3 Å². The molecule has 0 saturated carbocycles. The van der Waals surface area contributed by atoms with E-state index in [0.29, 0.717) is 12.8 Å². The van der Waals surface area contributed by atoms with Gasteiger partial charge in [0.15, 0.2) is 0 Å². The van der Waals surface area contributed by atoms with Crippen LogP contribution in [0.5, 0.6) is 11.5 Å². The maximum Gasteiger partial charge on any atom is 0.221 e. The molecular formula is C21H27N3O3. The van der Waals surface area contributed by atoms with Gasteiger partial charge in [-0.3, -0.25) is 10.2 Å². The summed E-state index contributed by atoms with van der Waals surface area (Å²) >= 11 is 0. The lowest BCUT2D eigenvalue weighted by molar-refractivity contribution is -0.122. The van der Waals surface area contributed by atoms with E-state index in [0.717, 1.165) is 22.6 Å². The summed E-state index contributed by atoms with van der Waals surface area (Å²) < 4.78 is 10.5. The lowest BCUT2D eigenvalue weighted by Crippen LogP contribution is -2.46. The predicted molar refractivity (Wildman–Crippen MR) is 105 cm³/mol. The van der Waals surface area contributed by atoms with Gasteiger partial charge in [-0.05, 0) is 48.7 Å². The van der Waals surface area contributed by atoms with Crippen molar-refractivity contribution in [1.29, 1.82) is 0 Å². The van der Waals surface area contributed by atoms with Crippen LogP contribution >= 0.6 is 0 Å². The molecule has 1 aliphatic rings. The molecule has 3 rings (SSSR count). The van der Waals surface area contributed by atoms with E-state index in [1.807, 2.05) is 48.5 Å². The minimum Gasteiger partial charge on any atom is -0.497 e. The van der Waals surface area contributed by atoms with Gasteiger partial charge in [0.2, 0.25) is 5.91 Å². The average molecular weight is 369 g/mol. The van der Waals surface area contributed by atoms with E-state index < -0.39 is 0 Å². The van der Waals surface area contributed by atoms with Gasteiger partial charge in [0.1, 0.15) is 17.7 Å². The molecule has 144 valence electrons.